The van der Waals surface area contributed by atoms with Gasteiger partial charge in [-0.3, -0.25) is 4.40 Å². The van der Waals surface area contributed by atoms with E-state index in [-0.39, 0.29) is 12.1 Å². The van der Waals surface area contributed by atoms with Crippen LogP contribution in [0.2, 0.25) is 0 Å². The molecular formula is C17H17F4N5S. The van der Waals surface area contributed by atoms with Gasteiger partial charge in [0, 0.05) is 24.3 Å². The van der Waals surface area contributed by atoms with E-state index >= 15 is 0 Å². The van der Waals surface area contributed by atoms with Gasteiger partial charge < -0.3 is 10.6 Å². The number of alkyl halides is 3. The molecule has 2 heterocycles. The summed E-state index contributed by atoms with van der Waals surface area (Å²) < 4.78 is 54.3. The molecule has 3 aromatic rings. The van der Waals surface area contributed by atoms with Crippen LogP contribution in [-0.2, 0) is 19.3 Å². The molecule has 0 radical (unpaired) electrons. The van der Waals surface area contributed by atoms with Gasteiger partial charge in [0.25, 0.3) is 0 Å². The summed E-state index contributed by atoms with van der Waals surface area (Å²) in [6, 6.07) is 2.59. The van der Waals surface area contributed by atoms with E-state index in [1.807, 2.05) is 29.1 Å². The molecule has 0 saturated carbocycles. The van der Waals surface area contributed by atoms with Crippen LogP contribution >= 0.6 is 11.3 Å². The normalized spacial score (nSPS) is 12.6. The molecule has 0 saturated heterocycles. The van der Waals surface area contributed by atoms with E-state index < -0.39 is 17.6 Å². The molecule has 3 rings (SSSR count). The number of benzene rings is 1. The fraction of sp³-hybridized carbons (Fsp3) is 0.294. The van der Waals surface area contributed by atoms with Crippen LogP contribution in [0.4, 0.5) is 17.6 Å². The highest BCUT2D eigenvalue weighted by Crippen LogP contribution is 2.32. The Morgan fingerprint density at radius 1 is 1.30 bits per heavy atom. The Balaban J connectivity index is 1.73. The maximum Gasteiger partial charge on any atom is 0.416 e. The predicted molar refractivity (Wildman–Crippen MR) is 96.1 cm³/mol. The Morgan fingerprint density at radius 2 is 2.11 bits per heavy atom. The van der Waals surface area contributed by atoms with Gasteiger partial charge in [-0.1, -0.05) is 6.07 Å². The van der Waals surface area contributed by atoms with E-state index in [1.165, 1.54) is 11.3 Å². The van der Waals surface area contributed by atoms with Crippen LogP contribution in [0.25, 0.3) is 4.96 Å². The molecule has 1 aromatic carbocycles. The first kappa shape index (κ1) is 19.2. The van der Waals surface area contributed by atoms with Crippen molar-refractivity contribution in [2.24, 2.45) is 4.99 Å². The number of hydrogen-bond donors (Lipinski definition) is 2. The molecule has 0 amide bonds. The Bertz CT molecular complexity index is 916. The van der Waals surface area contributed by atoms with Crippen molar-refractivity contribution in [2.45, 2.75) is 26.2 Å². The third kappa shape index (κ3) is 4.76. The number of rotatable bonds is 5. The number of hydrogen-bond acceptors (Lipinski definition) is 3. The van der Waals surface area contributed by atoms with E-state index in [1.54, 1.807) is 0 Å². The summed E-state index contributed by atoms with van der Waals surface area (Å²) >= 11 is 1.51. The maximum atomic E-state index is 13.2. The van der Waals surface area contributed by atoms with Crippen LogP contribution in [0, 0.1) is 5.82 Å². The monoisotopic (exact) mass is 399 g/mol. The molecule has 0 unspecified atom stereocenters. The molecule has 0 bridgehead atoms. The van der Waals surface area contributed by atoms with Crippen LogP contribution in [0.5, 0.6) is 0 Å². The molecule has 0 aliphatic rings. The van der Waals surface area contributed by atoms with Crippen molar-refractivity contribution in [1.82, 2.24) is 20.0 Å². The maximum absolute atomic E-state index is 13.2. The number of nitrogens with one attached hydrogen (secondary N) is 2. The van der Waals surface area contributed by atoms with Gasteiger partial charge in [-0.2, -0.15) is 13.2 Å². The van der Waals surface area contributed by atoms with Gasteiger partial charge in [0.1, 0.15) is 5.82 Å². The lowest BCUT2D eigenvalue weighted by Gasteiger charge is -2.13. The van der Waals surface area contributed by atoms with Crippen molar-refractivity contribution in [3.8, 4) is 0 Å². The smallest absolute Gasteiger partial charge is 0.357 e. The number of aromatic nitrogens is 2. The highest BCUT2D eigenvalue weighted by Gasteiger charge is 2.33. The summed E-state index contributed by atoms with van der Waals surface area (Å²) in [5.41, 5.74) is -0.328. The first-order chi connectivity index (χ1) is 12.9. The highest BCUT2D eigenvalue weighted by molar-refractivity contribution is 7.15. The van der Waals surface area contributed by atoms with E-state index in [0.717, 1.165) is 22.8 Å². The number of halogens is 4. The Morgan fingerprint density at radius 3 is 2.81 bits per heavy atom. The highest BCUT2D eigenvalue weighted by atomic mass is 32.1. The Kier molecular flexibility index (Phi) is 5.64. The fourth-order valence-electron chi connectivity index (χ4n) is 2.49. The molecular weight excluding hydrogens is 382 g/mol. The summed E-state index contributed by atoms with van der Waals surface area (Å²) in [5.74, 6) is -0.578. The summed E-state index contributed by atoms with van der Waals surface area (Å²) in [7, 11) is 0. The molecule has 0 aliphatic heterocycles. The van der Waals surface area contributed by atoms with Gasteiger partial charge in [0.2, 0.25) is 0 Å². The topological polar surface area (TPSA) is 53.7 Å². The zero-order valence-corrected chi connectivity index (χ0v) is 15.2. The van der Waals surface area contributed by atoms with Crippen LogP contribution in [0.1, 0.15) is 23.7 Å². The predicted octanol–water partition coefficient (Wildman–Crippen LogP) is 3.81. The molecule has 27 heavy (non-hydrogen) atoms. The number of imidazole rings is 1. The summed E-state index contributed by atoms with van der Waals surface area (Å²) in [4.78, 5) is 9.47. The largest absolute Gasteiger partial charge is 0.416 e. The van der Waals surface area contributed by atoms with Crippen molar-refractivity contribution < 1.29 is 17.6 Å². The summed E-state index contributed by atoms with van der Waals surface area (Å²) in [5, 5.41) is 7.93. The van der Waals surface area contributed by atoms with E-state index in [2.05, 4.69) is 20.6 Å². The second kappa shape index (κ2) is 7.95. The van der Waals surface area contributed by atoms with Crippen molar-refractivity contribution in [3.63, 3.8) is 0 Å². The van der Waals surface area contributed by atoms with Crippen molar-refractivity contribution in [2.75, 3.05) is 6.54 Å². The quantitative estimate of drug-likeness (QED) is 0.390. The fourth-order valence-corrected chi connectivity index (χ4v) is 3.21. The molecule has 144 valence electrons. The van der Waals surface area contributed by atoms with Gasteiger partial charge in [-0.05, 0) is 24.6 Å². The van der Waals surface area contributed by atoms with E-state index in [0.29, 0.717) is 25.1 Å². The minimum atomic E-state index is -4.64. The summed E-state index contributed by atoms with van der Waals surface area (Å²) in [6.45, 7) is 2.53. The molecule has 0 atom stereocenters. The average molecular weight is 399 g/mol. The Hall–Kier alpha value is -2.62. The van der Waals surface area contributed by atoms with Gasteiger partial charge in [-0.25, -0.2) is 14.4 Å². The van der Waals surface area contributed by atoms with Crippen LogP contribution in [-0.4, -0.2) is 21.9 Å². The van der Waals surface area contributed by atoms with Crippen LogP contribution < -0.4 is 10.6 Å². The number of guanidine groups is 1. The van der Waals surface area contributed by atoms with Crippen LogP contribution in [0.3, 0.4) is 0 Å². The lowest BCUT2D eigenvalue weighted by molar-refractivity contribution is -0.138. The molecule has 0 spiro atoms. The average Bonchev–Trinajstić information content (AvgIpc) is 3.19. The van der Waals surface area contributed by atoms with Gasteiger partial charge >= 0.3 is 6.18 Å². The first-order valence-corrected chi connectivity index (χ1v) is 9.03. The molecule has 0 aliphatic carbocycles. The number of aliphatic imine (C=N–C) groups is 1. The van der Waals surface area contributed by atoms with Gasteiger partial charge in [0.05, 0.1) is 24.3 Å². The third-order valence-corrected chi connectivity index (χ3v) is 4.48. The third-order valence-electron chi connectivity index (χ3n) is 3.71. The minimum Gasteiger partial charge on any atom is -0.357 e. The van der Waals surface area contributed by atoms with Crippen LogP contribution in [0.15, 0.2) is 41.0 Å². The van der Waals surface area contributed by atoms with E-state index in [4.69, 9.17) is 0 Å². The van der Waals surface area contributed by atoms with Gasteiger partial charge in [-0.15, -0.1) is 11.3 Å². The van der Waals surface area contributed by atoms with Gasteiger partial charge in [0.15, 0.2) is 10.9 Å². The SMILES string of the molecule is CCNC(=NCc1ccc(F)cc1C(F)(F)F)NCc1cn2ccsc2n1. The van der Waals surface area contributed by atoms with Crippen molar-refractivity contribution in [3.05, 3.63) is 58.6 Å². The minimum absolute atomic E-state index is 0.0939. The molecule has 10 heteroatoms. The molecule has 2 aromatic heterocycles. The lowest BCUT2D eigenvalue weighted by Crippen LogP contribution is -2.36. The summed E-state index contributed by atoms with van der Waals surface area (Å²) in [6.07, 6.45) is -0.881. The Labute approximate surface area is 156 Å². The molecule has 5 nitrogen and oxygen atoms in total. The number of fused-ring (bicyclic) bond motifs is 1. The molecule has 2 N–H and O–H groups in total. The van der Waals surface area contributed by atoms with Crippen molar-refractivity contribution in [1.29, 1.82) is 0 Å². The number of thiazole rings is 1. The first-order valence-electron chi connectivity index (χ1n) is 8.15. The zero-order valence-electron chi connectivity index (χ0n) is 14.3. The van der Waals surface area contributed by atoms with Crippen molar-refractivity contribution >= 4 is 22.3 Å². The lowest BCUT2D eigenvalue weighted by atomic mass is 10.1. The van der Waals surface area contributed by atoms with E-state index in [9.17, 15) is 17.6 Å². The molecule has 0 fully saturated rings. The zero-order chi connectivity index (χ0) is 19.4. The number of nitrogens with zero attached hydrogens (tertiary/aromatic N) is 3. The second-order valence-corrected chi connectivity index (χ2v) is 6.55. The standard InChI is InChI=1S/C17H17F4N5S/c1-2-22-15(24-9-13-10-26-5-6-27-16(26)25-13)23-8-11-3-4-12(18)7-14(11)17(19,20)21/h3-7,10H,2,8-9H2,1H3,(H2,22,23,24). The second-order valence-electron chi connectivity index (χ2n) is 5.67.